The van der Waals surface area contributed by atoms with E-state index in [1.807, 2.05) is 0 Å². The minimum atomic E-state index is -3.14. The van der Waals surface area contributed by atoms with Crippen molar-refractivity contribution in [2.75, 3.05) is 20.1 Å². The Morgan fingerprint density at radius 2 is 2.29 bits per heavy atom. The smallest absolute Gasteiger partial charge is 0.0864 e. The van der Waals surface area contributed by atoms with Crippen LogP contribution in [0.15, 0.2) is 0 Å². The average Bonchev–Trinajstić information content (AvgIpc) is 1.30. The second kappa shape index (κ2) is 2.46. The van der Waals surface area contributed by atoms with Crippen molar-refractivity contribution in [1.29, 1.82) is 0 Å². The third-order valence-electron chi connectivity index (χ3n) is 0.364. The Kier molecular flexibility index (Phi) is 2.51. The van der Waals surface area contributed by atoms with Gasteiger partial charge in [0.25, 0.3) is 0 Å². The van der Waals surface area contributed by atoms with Crippen LogP contribution in [0, 0.1) is 0 Å². The van der Waals surface area contributed by atoms with Crippen LogP contribution in [0.25, 0.3) is 0 Å². The van der Waals surface area contributed by atoms with Crippen LogP contribution < -0.4 is 4.89 Å². The van der Waals surface area contributed by atoms with Crippen molar-refractivity contribution in [2.45, 2.75) is 0 Å². The molecular formula is C3H8O3P-. The summed E-state index contributed by atoms with van der Waals surface area (Å²) < 4.78 is 14.5. The summed E-state index contributed by atoms with van der Waals surface area (Å²) in [5, 5.41) is 0. The third-order valence-corrected chi connectivity index (χ3v) is 1.09. The SMILES string of the molecule is COCP(C)(=O)[O-]. The maximum Gasteiger partial charge on any atom is 0.0864 e. The van der Waals surface area contributed by atoms with Gasteiger partial charge in [0.1, 0.15) is 0 Å². The first-order chi connectivity index (χ1) is 3.06. The van der Waals surface area contributed by atoms with E-state index in [0.717, 1.165) is 6.66 Å². The van der Waals surface area contributed by atoms with E-state index < -0.39 is 7.37 Å². The summed E-state index contributed by atoms with van der Waals surface area (Å²) in [6.07, 6.45) is -0.160. The summed E-state index contributed by atoms with van der Waals surface area (Å²) in [5.41, 5.74) is 0. The van der Waals surface area contributed by atoms with Gasteiger partial charge in [-0.25, -0.2) is 0 Å². The van der Waals surface area contributed by atoms with E-state index in [4.69, 9.17) is 0 Å². The van der Waals surface area contributed by atoms with Crippen LogP contribution in [0.1, 0.15) is 0 Å². The van der Waals surface area contributed by atoms with Gasteiger partial charge in [-0.15, -0.1) is 0 Å². The summed E-state index contributed by atoms with van der Waals surface area (Å²) in [7, 11) is -1.78. The molecule has 4 heteroatoms. The molecule has 0 spiro atoms. The van der Waals surface area contributed by atoms with Crippen molar-refractivity contribution in [1.82, 2.24) is 0 Å². The predicted molar refractivity (Wildman–Crippen MR) is 25.4 cm³/mol. The van der Waals surface area contributed by atoms with Gasteiger partial charge < -0.3 is 14.2 Å². The molecule has 0 aromatic carbocycles. The molecule has 1 atom stereocenters. The topological polar surface area (TPSA) is 49.4 Å². The molecule has 0 aliphatic carbocycles. The van der Waals surface area contributed by atoms with Crippen molar-refractivity contribution < 1.29 is 14.2 Å². The predicted octanol–water partition coefficient (Wildman–Crippen LogP) is -0.141. The van der Waals surface area contributed by atoms with Crippen molar-refractivity contribution >= 4 is 7.37 Å². The van der Waals surface area contributed by atoms with Crippen LogP contribution >= 0.6 is 7.37 Å². The van der Waals surface area contributed by atoms with Crippen LogP contribution in [0.3, 0.4) is 0 Å². The Labute approximate surface area is 42.8 Å². The van der Waals surface area contributed by atoms with Crippen molar-refractivity contribution in [2.24, 2.45) is 0 Å². The molecule has 0 fully saturated rings. The van der Waals surface area contributed by atoms with Crippen LogP contribution in [0.5, 0.6) is 0 Å². The van der Waals surface area contributed by atoms with Crippen molar-refractivity contribution in [3.05, 3.63) is 0 Å². The Bertz CT molecular complexity index is 84.2. The molecule has 0 amide bonds. The lowest BCUT2D eigenvalue weighted by Crippen LogP contribution is -2.03. The fourth-order valence-electron chi connectivity index (χ4n) is 0.235. The normalized spacial score (nSPS) is 18.7. The van der Waals surface area contributed by atoms with Gasteiger partial charge in [-0.1, -0.05) is 0 Å². The molecule has 0 radical (unpaired) electrons. The van der Waals surface area contributed by atoms with Crippen LogP contribution in [0.4, 0.5) is 0 Å². The fraction of sp³-hybridized carbons (Fsp3) is 1.00. The van der Waals surface area contributed by atoms with E-state index in [1.165, 1.54) is 7.11 Å². The minimum absolute atomic E-state index is 0.160. The van der Waals surface area contributed by atoms with Gasteiger partial charge in [-0.2, -0.15) is 0 Å². The molecule has 0 aliphatic rings. The van der Waals surface area contributed by atoms with E-state index in [9.17, 15) is 9.46 Å². The molecule has 0 saturated heterocycles. The van der Waals surface area contributed by atoms with Crippen LogP contribution in [-0.4, -0.2) is 20.1 Å². The molecule has 0 saturated carbocycles. The van der Waals surface area contributed by atoms with E-state index in [0.29, 0.717) is 0 Å². The zero-order valence-electron chi connectivity index (χ0n) is 4.38. The van der Waals surface area contributed by atoms with Gasteiger partial charge in [-0.05, 0) is 6.66 Å². The maximum atomic E-state index is 10.1. The summed E-state index contributed by atoms with van der Waals surface area (Å²) in [6.45, 7) is 1.15. The van der Waals surface area contributed by atoms with Crippen LogP contribution in [0.2, 0.25) is 0 Å². The highest BCUT2D eigenvalue weighted by Crippen LogP contribution is 2.27. The van der Waals surface area contributed by atoms with Gasteiger partial charge in [0.05, 0.1) is 6.35 Å². The largest absolute Gasteiger partial charge is 0.798 e. The fourth-order valence-corrected chi connectivity index (χ4v) is 0.704. The second-order valence-electron chi connectivity index (χ2n) is 1.43. The molecule has 44 valence electrons. The molecular weight excluding hydrogens is 115 g/mol. The molecule has 7 heavy (non-hydrogen) atoms. The van der Waals surface area contributed by atoms with E-state index in [-0.39, 0.29) is 6.35 Å². The van der Waals surface area contributed by atoms with Gasteiger partial charge in [0.15, 0.2) is 0 Å². The van der Waals surface area contributed by atoms with Gasteiger partial charge in [0.2, 0.25) is 0 Å². The first kappa shape index (κ1) is 7.15. The zero-order chi connectivity index (χ0) is 5.91. The number of ether oxygens (including phenoxy) is 1. The van der Waals surface area contributed by atoms with Gasteiger partial charge in [0, 0.05) is 14.5 Å². The Balaban J connectivity index is 3.36. The summed E-state index contributed by atoms with van der Waals surface area (Å²) in [5.74, 6) is 0. The number of rotatable bonds is 2. The monoisotopic (exact) mass is 123 g/mol. The molecule has 0 aliphatic heterocycles. The summed E-state index contributed by atoms with van der Waals surface area (Å²) >= 11 is 0. The third kappa shape index (κ3) is 6.15. The van der Waals surface area contributed by atoms with E-state index in [2.05, 4.69) is 4.74 Å². The lowest BCUT2D eigenvalue weighted by atomic mass is 11.5. The summed E-state index contributed by atoms with van der Waals surface area (Å²) in [4.78, 5) is 10.1. The Morgan fingerprint density at radius 3 is 2.29 bits per heavy atom. The quantitative estimate of drug-likeness (QED) is 0.480. The highest BCUT2D eigenvalue weighted by Gasteiger charge is 1.93. The molecule has 0 aromatic rings. The van der Waals surface area contributed by atoms with Gasteiger partial charge >= 0.3 is 0 Å². The summed E-state index contributed by atoms with van der Waals surface area (Å²) in [6, 6.07) is 0. The number of hydrogen-bond donors (Lipinski definition) is 0. The second-order valence-corrected chi connectivity index (χ2v) is 3.72. The first-order valence-corrected chi connectivity index (χ1v) is 4.08. The molecule has 0 aromatic heterocycles. The average molecular weight is 123 g/mol. The van der Waals surface area contributed by atoms with Crippen LogP contribution in [-0.2, 0) is 9.30 Å². The Hall–Kier alpha value is 0.150. The first-order valence-electron chi connectivity index (χ1n) is 1.83. The lowest BCUT2D eigenvalue weighted by Gasteiger charge is -2.14. The van der Waals surface area contributed by atoms with Crippen molar-refractivity contribution in [3.63, 3.8) is 0 Å². The minimum Gasteiger partial charge on any atom is -0.798 e. The van der Waals surface area contributed by atoms with E-state index in [1.54, 1.807) is 0 Å². The molecule has 0 bridgehead atoms. The lowest BCUT2D eigenvalue weighted by molar-refractivity contribution is -0.177. The maximum absolute atomic E-state index is 10.1. The standard InChI is InChI=1S/C3H9O3P/c1-6-3-7(2,4)5/h3H2,1-2H3,(H,4,5)/p-1. The van der Waals surface area contributed by atoms with Gasteiger partial charge in [-0.3, -0.25) is 0 Å². The highest BCUT2D eigenvalue weighted by atomic mass is 31.2. The number of hydrogen-bond acceptors (Lipinski definition) is 3. The molecule has 0 heterocycles. The zero-order valence-corrected chi connectivity index (χ0v) is 5.27. The molecule has 0 rings (SSSR count). The highest BCUT2D eigenvalue weighted by molar-refractivity contribution is 7.55. The molecule has 3 nitrogen and oxygen atoms in total. The number of methoxy groups -OCH3 is 1. The Morgan fingerprint density at radius 1 is 1.86 bits per heavy atom. The molecule has 0 N–H and O–H groups in total. The van der Waals surface area contributed by atoms with E-state index >= 15 is 0 Å². The van der Waals surface area contributed by atoms with Crippen molar-refractivity contribution in [3.8, 4) is 0 Å². The molecule has 1 unspecified atom stereocenters.